The first-order chi connectivity index (χ1) is 9.21. The molecular weight excluding hydrogens is 304 g/mol. The maximum absolute atomic E-state index is 12.3. The van der Waals surface area contributed by atoms with Gasteiger partial charge in [-0.05, 0) is 25.1 Å². The summed E-state index contributed by atoms with van der Waals surface area (Å²) in [4.78, 5) is 10.8. The SMILES string of the molecule is CC(CC#N)N(C)S(=O)(=O)c1ccc(Cl)c(C(=O)O)c1. The molecule has 6 nitrogen and oxygen atoms in total. The predicted octanol–water partition coefficient (Wildman–Crippen LogP) is 1.96. The Bertz CT molecular complexity index is 667. The first kappa shape index (κ1) is 16.4. The number of nitriles is 1. The Kier molecular flexibility index (Phi) is 5.11. The van der Waals surface area contributed by atoms with Gasteiger partial charge < -0.3 is 5.11 Å². The van der Waals surface area contributed by atoms with Crippen LogP contribution in [0.25, 0.3) is 0 Å². The summed E-state index contributed by atoms with van der Waals surface area (Å²) < 4.78 is 25.7. The van der Waals surface area contributed by atoms with Gasteiger partial charge in [-0.25, -0.2) is 13.2 Å². The fraction of sp³-hybridized carbons (Fsp3) is 0.333. The van der Waals surface area contributed by atoms with Crippen LogP contribution in [-0.2, 0) is 10.0 Å². The van der Waals surface area contributed by atoms with E-state index in [2.05, 4.69) is 0 Å². The normalized spacial score (nSPS) is 12.9. The molecular formula is C12H13ClN2O4S. The highest BCUT2D eigenvalue weighted by Crippen LogP contribution is 2.23. The first-order valence-electron chi connectivity index (χ1n) is 5.59. The van der Waals surface area contributed by atoms with Gasteiger partial charge in [-0.15, -0.1) is 0 Å². The third-order valence-electron chi connectivity index (χ3n) is 2.85. The van der Waals surface area contributed by atoms with Crippen LogP contribution in [0.15, 0.2) is 23.1 Å². The van der Waals surface area contributed by atoms with E-state index in [0.717, 1.165) is 10.4 Å². The van der Waals surface area contributed by atoms with E-state index in [1.807, 2.05) is 6.07 Å². The van der Waals surface area contributed by atoms with Crippen LogP contribution in [0.2, 0.25) is 5.02 Å². The van der Waals surface area contributed by atoms with E-state index >= 15 is 0 Å². The van der Waals surface area contributed by atoms with Crippen LogP contribution in [0, 0.1) is 11.3 Å². The average molecular weight is 317 g/mol. The van der Waals surface area contributed by atoms with Gasteiger partial charge in [0.1, 0.15) is 0 Å². The van der Waals surface area contributed by atoms with E-state index in [-0.39, 0.29) is 21.9 Å². The number of benzene rings is 1. The predicted molar refractivity (Wildman–Crippen MR) is 73.1 cm³/mol. The van der Waals surface area contributed by atoms with Crippen molar-refractivity contribution in [2.24, 2.45) is 0 Å². The molecule has 1 aromatic rings. The van der Waals surface area contributed by atoms with Crippen LogP contribution in [0.3, 0.4) is 0 Å². The Labute approximate surface area is 122 Å². The number of carboxylic acids is 1. The fourth-order valence-corrected chi connectivity index (χ4v) is 3.08. The summed E-state index contributed by atoms with van der Waals surface area (Å²) in [5.41, 5.74) is -0.283. The van der Waals surface area contributed by atoms with E-state index in [1.54, 1.807) is 6.92 Å². The molecule has 0 heterocycles. The highest BCUT2D eigenvalue weighted by Gasteiger charge is 2.26. The van der Waals surface area contributed by atoms with Crippen LogP contribution < -0.4 is 0 Å². The van der Waals surface area contributed by atoms with Gasteiger partial charge in [-0.1, -0.05) is 11.6 Å². The minimum Gasteiger partial charge on any atom is -0.478 e. The van der Waals surface area contributed by atoms with E-state index in [9.17, 15) is 13.2 Å². The van der Waals surface area contributed by atoms with Crippen LogP contribution in [0.4, 0.5) is 0 Å². The molecule has 0 bridgehead atoms. The topological polar surface area (TPSA) is 98.5 Å². The molecule has 1 N–H and O–H groups in total. The lowest BCUT2D eigenvalue weighted by Gasteiger charge is -2.22. The molecule has 108 valence electrons. The maximum Gasteiger partial charge on any atom is 0.337 e. The van der Waals surface area contributed by atoms with Gasteiger partial charge in [0, 0.05) is 13.1 Å². The zero-order valence-corrected chi connectivity index (χ0v) is 12.4. The average Bonchev–Trinajstić information content (AvgIpc) is 2.37. The molecule has 0 aromatic heterocycles. The summed E-state index contributed by atoms with van der Waals surface area (Å²) in [6, 6.07) is 4.84. The molecule has 8 heteroatoms. The second-order valence-electron chi connectivity index (χ2n) is 4.18. The smallest absolute Gasteiger partial charge is 0.337 e. The molecule has 0 fully saturated rings. The molecule has 0 aliphatic rings. The van der Waals surface area contributed by atoms with Crippen molar-refractivity contribution in [3.8, 4) is 6.07 Å². The number of sulfonamides is 1. The number of rotatable bonds is 5. The van der Waals surface area contributed by atoms with E-state index < -0.39 is 22.0 Å². The summed E-state index contributed by atoms with van der Waals surface area (Å²) in [6.45, 7) is 1.59. The number of hydrogen-bond donors (Lipinski definition) is 1. The van der Waals surface area contributed by atoms with E-state index in [0.29, 0.717) is 0 Å². The van der Waals surface area contributed by atoms with Crippen molar-refractivity contribution in [1.82, 2.24) is 4.31 Å². The molecule has 0 saturated carbocycles. The van der Waals surface area contributed by atoms with Crippen molar-refractivity contribution in [3.05, 3.63) is 28.8 Å². The zero-order chi connectivity index (χ0) is 15.5. The number of carboxylic acid groups (broad SMARTS) is 1. The Morgan fingerprint density at radius 3 is 2.65 bits per heavy atom. The summed E-state index contributed by atoms with van der Waals surface area (Å²) in [7, 11) is -2.53. The van der Waals surface area contributed by atoms with Gasteiger partial charge in [0.05, 0.1) is 28.0 Å². The Morgan fingerprint density at radius 1 is 1.55 bits per heavy atom. The molecule has 20 heavy (non-hydrogen) atoms. The van der Waals surface area contributed by atoms with Crippen molar-refractivity contribution >= 4 is 27.6 Å². The van der Waals surface area contributed by atoms with Crippen LogP contribution in [-0.4, -0.2) is 36.9 Å². The fourth-order valence-electron chi connectivity index (χ4n) is 1.49. The summed E-state index contributed by atoms with van der Waals surface area (Å²) in [5, 5.41) is 17.5. The molecule has 0 amide bonds. The summed E-state index contributed by atoms with van der Waals surface area (Å²) in [6.07, 6.45) is 0.0368. The van der Waals surface area contributed by atoms with Crippen LogP contribution >= 0.6 is 11.6 Å². The molecule has 1 unspecified atom stereocenters. The number of carbonyl (C=O) groups is 1. The minimum atomic E-state index is -3.87. The molecule has 0 aliphatic carbocycles. The molecule has 0 saturated heterocycles. The quantitative estimate of drug-likeness (QED) is 0.895. The lowest BCUT2D eigenvalue weighted by atomic mass is 10.2. The van der Waals surface area contributed by atoms with Gasteiger partial charge in [0.2, 0.25) is 10.0 Å². The Balaban J connectivity index is 3.27. The first-order valence-corrected chi connectivity index (χ1v) is 7.41. The third kappa shape index (κ3) is 3.28. The van der Waals surface area contributed by atoms with Crippen molar-refractivity contribution in [3.63, 3.8) is 0 Å². The number of aromatic carboxylic acids is 1. The molecule has 1 rings (SSSR count). The minimum absolute atomic E-state index is 0.0368. The van der Waals surface area contributed by atoms with E-state index in [4.69, 9.17) is 22.0 Å². The number of halogens is 1. The van der Waals surface area contributed by atoms with E-state index in [1.165, 1.54) is 19.2 Å². The Morgan fingerprint density at radius 2 is 2.15 bits per heavy atom. The van der Waals surface area contributed by atoms with Gasteiger partial charge in [-0.2, -0.15) is 9.57 Å². The van der Waals surface area contributed by atoms with Gasteiger partial charge in [-0.3, -0.25) is 0 Å². The second-order valence-corrected chi connectivity index (χ2v) is 6.58. The zero-order valence-electron chi connectivity index (χ0n) is 10.9. The third-order valence-corrected chi connectivity index (χ3v) is 5.15. The highest BCUT2D eigenvalue weighted by atomic mass is 35.5. The molecule has 0 radical (unpaired) electrons. The summed E-state index contributed by atoms with van der Waals surface area (Å²) >= 11 is 5.70. The maximum atomic E-state index is 12.3. The monoisotopic (exact) mass is 316 g/mol. The molecule has 1 aromatic carbocycles. The van der Waals surface area contributed by atoms with Crippen molar-refractivity contribution in [1.29, 1.82) is 5.26 Å². The summed E-state index contributed by atoms with van der Waals surface area (Å²) in [5.74, 6) is -1.31. The van der Waals surface area contributed by atoms with Gasteiger partial charge in [0.15, 0.2) is 0 Å². The Hall–Kier alpha value is -1.62. The standard InChI is InChI=1S/C12H13ClN2O4S/c1-8(5-6-14)15(2)20(18,19)9-3-4-11(13)10(7-9)12(16)17/h3-4,7-8H,5H2,1-2H3,(H,16,17). The van der Waals surface area contributed by atoms with Crippen LogP contribution in [0.1, 0.15) is 23.7 Å². The molecule has 0 spiro atoms. The molecule has 1 atom stereocenters. The van der Waals surface area contributed by atoms with Gasteiger partial charge >= 0.3 is 5.97 Å². The van der Waals surface area contributed by atoms with Crippen molar-refractivity contribution in [2.45, 2.75) is 24.3 Å². The lowest BCUT2D eigenvalue weighted by molar-refractivity contribution is 0.0697. The molecule has 0 aliphatic heterocycles. The van der Waals surface area contributed by atoms with Crippen molar-refractivity contribution in [2.75, 3.05) is 7.05 Å². The number of hydrogen-bond acceptors (Lipinski definition) is 4. The second kappa shape index (κ2) is 6.22. The van der Waals surface area contributed by atoms with Gasteiger partial charge in [0.25, 0.3) is 0 Å². The lowest BCUT2D eigenvalue weighted by Crippen LogP contribution is -2.34. The largest absolute Gasteiger partial charge is 0.478 e. The number of nitrogens with zero attached hydrogens (tertiary/aromatic N) is 2. The highest BCUT2D eigenvalue weighted by molar-refractivity contribution is 7.89. The van der Waals surface area contributed by atoms with Crippen molar-refractivity contribution < 1.29 is 18.3 Å². The van der Waals surface area contributed by atoms with Crippen LogP contribution in [0.5, 0.6) is 0 Å².